The molecule has 0 heterocycles. The van der Waals surface area contributed by atoms with E-state index in [1.807, 2.05) is 34.6 Å². The van der Waals surface area contributed by atoms with Gasteiger partial charge in [-0.1, -0.05) is 0 Å². The van der Waals surface area contributed by atoms with Gasteiger partial charge in [0.15, 0.2) is 5.96 Å². The summed E-state index contributed by atoms with van der Waals surface area (Å²) < 4.78 is 0. The van der Waals surface area contributed by atoms with Gasteiger partial charge in [-0.05, 0) is 34.6 Å². The molecular formula is C9H21N3O. The molecule has 0 aromatic carbocycles. The Kier molecular flexibility index (Phi) is 3.72. The van der Waals surface area contributed by atoms with Crippen molar-refractivity contribution in [3.63, 3.8) is 0 Å². The number of nitrogens with one attached hydrogen (secondary N) is 1. The maximum Gasteiger partial charge on any atom is 0.189 e. The Balaban J connectivity index is 4.34. The molecule has 0 saturated carbocycles. The van der Waals surface area contributed by atoms with Crippen LogP contribution in [0.2, 0.25) is 0 Å². The molecule has 0 aromatic heterocycles. The first-order valence-electron chi connectivity index (χ1n) is 4.41. The van der Waals surface area contributed by atoms with E-state index in [2.05, 4.69) is 10.3 Å². The Hall–Kier alpha value is -0.770. The van der Waals surface area contributed by atoms with Gasteiger partial charge in [0, 0.05) is 5.54 Å². The maximum atomic E-state index is 8.95. The molecule has 0 saturated heterocycles. The van der Waals surface area contributed by atoms with E-state index in [9.17, 15) is 0 Å². The summed E-state index contributed by atoms with van der Waals surface area (Å²) in [6, 6.07) is 0. The first-order valence-corrected chi connectivity index (χ1v) is 4.41. The highest BCUT2D eigenvalue weighted by Gasteiger charge is 2.17. The topological polar surface area (TPSA) is 70.6 Å². The van der Waals surface area contributed by atoms with Gasteiger partial charge >= 0.3 is 0 Å². The van der Waals surface area contributed by atoms with Gasteiger partial charge in [-0.2, -0.15) is 0 Å². The lowest BCUT2D eigenvalue weighted by Crippen LogP contribution is -2.46. The van der Waals surface area contributed by atoms with Crippen LogP contribution in [-0.2, 0) is 0 Å². The van der Waals surface area contributed by atoms with Crippen molar-refractivity contribution >= 4 is 5.96 Å². The van der Waals surface area contributed by atoms with E-state index in [1.165, 1.54) is 0 Å². The number of guanidine groups is 1. The molecule has 4 N–H and O–H groups in total. The van der Waals surface area contributed by atoms with Crippen molar-refractivity contribution in [3.8, 4) is 0 Å². The van der Waals surface area contributed by atoms with Gasteiger partial charge < -0.3 is 16.2 Å². The summed E-state index contributed by atoms with van der Waals surface area (Å²) in [5.41, 5.74) is 5.04. The SMILES string of the molecule is CC(C)(CO)N=C(N)NC(C)(C)C. The molecule has 0 aromatic rings. The van der Waals surface area contributed by atoms with Crippen molar-refractivity contribution in [2.75, 3.05) is 6.61 Å². The van der Waals surface area contributed by atoms with Gasteiger partial charge in [0.2, 0.25) is 0 Å². The molecule has 0 fully saturated rings. The molecule has 0 aliphatic heterocycles. The summed E-state index contributed by atoms with van der Waals surface area (Å²) in [6.45, 7) is 9.64. The quantitative estimate of drug-likeness (QED) is 0.434. The van der Waals surface area contributed by atoms with Crippen molar-refractivity contribution in [1.29, 1.82) is 0 Å². The minimum atomic E-state index is -0.512. The van der Waals surface area contributed by atoms with E-state index in [0.717, 1.165) is 0 Å². The molecule has 0 aliphatic rings. The Morgan fingerprint density at radius 3 is 2.08 bits per heavy atom. The zero-order chi connectivity index (χ0) is 10.7. The highest BCUT2D eigenvalue weighted by Crippen LogP contribution is 2.07. The first kappa shape index (κ1) is 12.2. The van der Waals surface area contributed by atoms with Crippen LogP contribution in [0.25, 0.3) is 0 Å². The fourth-order valence-corrected chi connectivity index (χ4v) is 0.774. The number of hydrogen-bond donors (Lipinski definition) is 3. The van der Waals surface area contributed by atoms with Gasteiger partial charge in [-0.3, -0.25) is 0 Å². The average Bonchev–Trinajstić information content (AvgIpc) is 1.81. The second-order valence-corrected chi connectivity index (χ2v) is 4.84. The summed E-state index contributed by atoms with van der Waals surface area (Å²) in [5, 5.41) is 12.0. The van der Waals surface area contributed by atoms with Gasteiger partial charge in [-0.25, -0.2) is 4.99 Å². The molecule has 13 heavy (non-hydrogen) atoms. The third-order valence-electron chi connectivity index (χ3n) is 1.31. The standard InChI is InChI=1S/C9H21N3O/c1-8(2,3)11-7(10)12-9(4,5)6-13/h13H,6H2,1-5H3,(H3,10,11,12). The van der Waals surface area contributed by atoms with Gasteiger partial charge in [0.1, 0.15) is 0 Å². The Labute approximate surface area is 80.2 Å². The molecule has 0 aliphatic carbocycles. The third-order valence-corrected chi connectivity index (χ3v) is 1.31. The molecule has 0 atom stereocenters. The summed E-state index contributed by atoms with van der Waals surface area (Å²) in [6.07, 6.45) is 0. The van der Waals surface area contributed by atoms with Gasteiger partial charge in [0.25, 0.3) is 0 Å². The fraction of sp³-hybridized carbons (Fsp3) is 0.889. The van der Waals surface area contributed by atoms with Crippen LogP contribution < -0.4 is 11.1 Å². The number of aliphatic imine (C=N–C) groups is 1. The van der Waals surface area contributed by atoms with Crippen LogP contribution in [0.15, 0.2) is 4.99 Å². The van der Waals surface area contributed by atoms with E-state index in [4.69, 9.17) is 10.8 Å². The number of nitrogens with two attached hydrogens (primary N) is 1. The highest BCUT2D eigenvalue weighted by molar-refractivity contribution is 5.78. The Morgan fingerprint density at radius 1 is 1.31 bits per heavy atom. The first-order chi connectivity index (χ1) is 5.66. The van der Waals surface area contributed by atoms with Crippen LogP contribution in [-0.4, -0.2) is 28.8 Å². The van der Waals surface area contributed by atoms with E-state index < -0.39 is 5.54 Å². The number of rotatable bonds is 2. The molecule has 4 nitrogen and oxygen atoms in total. The van der Waals surface area contributed by atoms with Crippen molar-refractivity contribution in [1.82, 2.24) is 5.32 Å². The van der Waals surface area contributed by atoms with Gasteiger partial charge in [-0.15, -0.1) is 0 Å². The molecule has 0 spiro atoms. The summed E-state index contributed by atoms with van der Waals surface area (Å²) >= 11 is 0. The lowest BCUT2D eigenvalue weighted by atomic mass is 10.1. The Bertz CT molecular complexity index is 192. The monoisotopic (exact) mass is 187 g/mol. The number of aliphatic hydroxyl groups excluding tert-OH is 1. The largest absolute Gasteiger partial charge is 0.394 e. The number of nitrogens with zero attached hydrogens (tertiary/aromatic N) is 1. The predicted octanol–water partition coefficient (Wildman–Crippen LogP) is 0.460. The number of aliphatic hydroxyl groups is 1. The van der Waals surface area contributed by atoms with Crippen molar-refractivity contribution in [2.45, 2.75) is 45.7 Å². The average molecular weight is 187 g/mol. The Morgan fingerprint density at radius 2 is 1.77 bits per heavy atom. The minimum absolute atomic E-state index is 0.0144. The van der Waals surface area contributed by atoms with Crippen LogP contribution >= 0.6 is 0 Å². The van der Waals surface area contributed by atoms with Crippen molar-refractivity contribution in [2.24, 2.45) is 10.7 Å². The van der Waals surface area contributed by atoms with Crippen molar-refractivity contribution < 1.29 is 5.11 Å². The van der Waals surface area contributed by atoms with E-state index in [0.29, 0.717) is 5.96 Å². The summed E-state index contributed by atoms with van der Waals surface area (Å²) in [5.74, 6) is 0.367. The molecule has 0 rings (SSSR count). The molecule has 4 heteroatoms. The lowest BCUT2D eigenvalue weighted by molar-refractivity contribution is 0.222. The van der Waals surface area contributed by atoms with Crippen LogP contribution in [0.3, 0.4) is 0 Å². The van der Waals surface area contributed by atoms with E-state index in [-0.39, 0.29) is 12.1 Å². The molecular weight excluding hydrogens is 166 g/mol. The molecule has 78 valence electrons. The zero-order valence-electron chi connectivity index (χ0n) is 9.18. The third kappa shape index (κ3) is 6.40. The van der Waals surface area contributed by atoms with Crippen molar-refractivity contribution in [3.05, 3.63) is 0 Å². The normalized spacial score (nSPS) is 14.5. The predicted molar refractivity (Wildman–Crippen MR) is 55.7 cm³/mol. The molecule has 0 bridgehead atoms. The van der Waals surface area contributed by atoms with Crippen LogP contribution in [0.4, 0.5) is 0 Å². The summed E-state index contributed by atoms with van der Waals surface area (Å²) in [7, 11) is 0. The van der Waals surface area contributed by atoms with E-state index >= 15 is 0 Å². The zero-order valence-corrected chi connectivity index (χ0v) is 9.18. The molecule has 0 amide bonds. The van der Waals surface area contributed by atoms with E-state index in [1.54, 1.807) is 0 Å². The van der Waals surface area contributed by atoms with Crippen LogP contribution in [0.1, 0.15) is 34.6 Å². The molecule has 0 radical (unpaired) electrons. The lowest BCUT2D eigenvalue weighted by Gasteiger charge is -2.24. The maximum absolute atomic E-state index is 8.95. The number of hydrogen-bond acceptors (Lipinski definition) is 2. The smallest absolute Gasteiger partial charge is 0.189 e. The second-order valence-electron chi connectivity index (χ2n) is 4.84. The second kappa shape index (κ2) is 3.96. The molecule has 0 unspecified atom stereocenters. The van der Waals surface area contributed by atoms with Gasteiger partial charge in [0.05, 0.1) is 12.1 Å². The van der Waals surface area contributed by atoms with Crippen LogP contribution in [0.5, 0.6) is 0 Å². The summed E-state index contributed by atoms with van der Waals surface area (Å²) in [4.78, 5) is 4.15. The minimum Gasteiger partial charge on any atom is -0.394 e. The highest BCUT2D eigenvalue weighted by atomic mass is 16.3. The fourth-order valence-electron chi connectivity index (χ4n) is 0.774. The van der Waals surface area contributed by atoms with Crippen LogP contribution in [0, 0.1) is 0 Å².